The average molecular weight is 289 g/mol. The molecule has 0 aliphatic heterocycles. The molecule has 1 aromatic heterocycles. The maximum absolute atomic E-state index is 11.2. The van der Waals surface area contributed by atoms with Gasteiger partial charge in [-0.3, -0.25) is 9.36 Å². The van der Waals surface area contributed by atoms with E-state index in [4.69, 9.17) is 5.73 Å². The van der Waals surface area contributed by atoms with Crippen molar-refractivity contribution >= 4 is 17.7 Å². The Morgan fingerprint density at radius 1 is 1.30 bits per heavy atom. The maximum atomic E-state index is 11.2. The molecule has 2 aromatic rings. The monoisotopic (exact) mass is 289 g/mol. The van der Waals surface area contributed by atoms with Crippen LogP contribution in [0.2, 0.25) is 0 Å². The van der Waals surface area contributed by atoms with Gasteiger partial charge >= 0.3 is 0 Å². The third kappa shape index (κ3) is 3.04. The number of amides is 1. The number of imidazole rings is 1. The fourth-order valence-electron chi connectivity index (χ4n) is 1.97. The zero-order valence-electron chi connectivity index (χ0n) is 11.9. The topological polar surface area (TPSA) is 60.9 Å². The molecule has 1 atom stereocenters. The molecule has 0 unspecified atom stereocenters. The summed E-state index contributed by atoms with van der Waals surface area (Å²) >= 11 is 1.38. The van der Waals surface area contributed by atoms with Gasteiger partial charge < -0.3 is 5.73 Å². The molecule has 4 nitrogen and oxygen atoms in total. The lowest BCUT2D eigenvalue weighted by atomic mass is 10.0. The highest BCUT2D eigenvalue weighted by Gasteiger charge is 2.16. The van der Waals surface area contributed by atoms with Gasteiger partial charge in [-0.15, -0.1) is 0 Å². The van der Waals surface area contributed by atoms with Gasteiger partial charge in [0.2, 0.25) is 5.91 Å². The van der Waals surface area contributed by atoms with Crippen LogP contribution in [-0.2, 0) is 4.79 Å². The second-order valence-corrected chi connectivity index (χ2v) is 6.26. The number of thioether (sulfide) groups is 1. The molecule has 0 bridgehead atoms. The zero-order chi connectivity index (χ0) is 14.7. The summed E-state index contributed by atoms with van der Waals surface area (Å²) < 4.78 is 2.01. The van der Waals surface area contributed by atoms with E-state index in [0.29, 0.717) is 5.92 Å². The van der Waals surface area contributed by atoms with Gasteiger partial charge in [0.1, 0.15) is 0 Å². The molecule has 0 saturated carbocycles. The molecule has 1 amide bonds. The van der Waals surface area contributed by atoms with Crippen molar-refractivity contribution in [3.05, 3.63) is 42.2 Å². The van der Waals surface area contributed by atoms with Crippen molar-refractivity contribution in [2.75, 3.05) is 0 Å². The van der Waals surface area contributed by atoms with Crippen LogP contribution in [0.25, 0.3) is 5.69 Å². The van der Waals surface area contributed by atoms with Crippen molar-refractivity contribution in [2.45, 2.75) is 37.1 Å². The van der Waals surface area contributed by atoms with Gasteiger partial charge in [0.25, 0.3) is 0 Å². The lowest BCUT2D eigenvalue weighted by molar-refractivity contribution is -0.117. The zero-order valence-corrected chi connectivity index (χ0v) is 12.7. The Labute approximate surface area is 123 Å². The summed E-state index contributed by atoms with van der Waals surface area (Å²) in [5, 5.41) is 0.478. The third-order valence-corrected chi connectivity index (χ3v) is 4.21. The lowest BCUT2D eigenvalue weighted by Crippen LogP contribution is -2.23. The molecular formula is C15H19N3OS. The van der Waals surface area contributed by atoms with Crippen molar-refractivity contribution in [1.82, 2.24) is 9.55 Å². The summed E-state index contributed by atoms with van der Waals surface area (Å²) in [6.07, 6.45) is 3.66. The molecule has 0 aliphatic rings. The van der Waals surface area contributed by atoms with Gasteiger partial charge in [0, 0.05) is 12.4 Å². The summed E-state index contributed by atoms with van der Waals surface area (Å²) in [5.41, 5.74) is 7.67. The fraction of sp³-hybridized carbons (Fsp3) is 0.333. The van der Waals surface area contributed by atoms with Crippen LogP contribution in [0, 0.1) is 0 Å². The van der Waals surface area contributed by atoms with Crippen LogP contribution in [0.3, 0.4) is 0 Å². The van der Waals surface area contributed by atoms with E-state index in [1.165, 1.54) is 17.3 Å². The van der Waals surface area contributed by atoms with Gasteiger partial charge in [-0.25, -0.2) is 4.98 Å². The van der Waals surface area contributed by atoms with Crippen molar-refractivity contribution in [2.24, 2.45) is 5.73 Å². The number of carbonyl (C=O) groups is 1. The summed E-state index contributed by atoms with van der Waals surface area (Å²) in [4.78, 5) is 15.5. The molecule has 1 heterocycles. The summed E-state index contributed by atoms with van der Waals surface area (Å²) in [7, 11) is 0. The standard InChI is InChI=1S/C15H19N3OS/c1-10(2)12-6-4-5-7-13(12)18-9-8-17-15(18)20-11(3)14(16)19/h4-11H,1-3H3,(H2,16,19)/t11-/m0/s1. The minimum Gasteiger partial charge on any atom is -0.369 e. The Hall–Kier alpha value is -1.75. The first kappa shape index (κ1) is 14.7. The highest BCUT2D eigenvalue weighted by atomic mass is 32.2. The molecule has 106 valence electrons. The Balaban J connectivity index is 2.40. The summed E-state index contributed by atoms with van der Waals surface area (Å²) in [6, 6.07) is 8.23. The molecule has 0 saturated heterocycles. The second kappa shape index (κ2) is 6.13. The first-order valence-electron chi connectivity index (χ1n) is 6.59. The smallest absolute Gasteiger partial charge is 0.230 e. The quantitative estimate of drug-likeness (QED) is 0.861. The second-order valence-electron chi connectivity index (χ2n) is 4.96. The van der Waals surface area contributed by atoms with Gasteiger partial charge in [-0.1, -0.05) is 43.8 Å². The van der Waals surface area contributed by atoms with Crippen molar-refractivity contribution in [3.63, 3.8) is 0 Å². The van der Waals surface area contributed by atoms with Gasteiger partial charge in [0.15, 0.2) is 5.16 Å². The predicted molar refractivity (Wildman–Crippen MR) is 82.2 cm³/mol. The molecule has 20 heavy (non-hydrogen) atoms. The maximum Gasteiger partial charge on any atom is 0.230 e. The number of hydrogen-bond donors (Lipinski definition) is 1. The number of nitrogens with zero attached hydrogens (tertiary/aromatic N) is 2. The predicted octanol–water partition coefficient (Wildman–Crippen LogP) is 2.96. The Bertz CT molecular complexity index is 607. The molecule has 0 aliphatic carbocycles. The lowest BCUT2D eigenvalue weighted by Gasteiger charge is -2.16. The third-order valence-electron chi connectivity index (χ3n) is 3.11. The van der Waals surface area contributed by atoms with E-state index in [-0.39, 0.29) is 11.2 Å². The van der Waals surface area contributed by atoms with Crippen LogP contribution in [-0.4, -0.2) is 20.7 Å². The molecular weight excluding hydrogens is 270 g/mol. The number of rotatable bonds is 5. The molecule has 0 spiro atoms. The van der Waals surface area contributed by atoms with Crippen LogP contribution in [0.5, 0.6) is 0 Å². The van der Waals surface area contributed by atoms with Gasteiger partial charge in [-0.05, 0) is 24.5 Å². The number of primary amides is 1. The number of para-hydroxylation sites is 1. The molecule has 0 fully saturated rings. The van der Waals surface area contributed by atoms with Crippen LogP contribution in [0.4, 0.5) is 0 Å². The molecule has 1 aromatic carbocycles. The minimum atomic E-state index is -0.332. The van der Waals surface area contributed by atoms with Crippen molar-refractivity contribution in [3.8, 4) is 5.69 Å². The Kier molecular flexibility index (Phi) is 4.49. The first-order valence-corrected chi connectivity index (χ1v) is 7.47. The molecule has 2 rings (SSSR count). The Morgan fingerprint density at radius 2 is 2.00 bits per heavy atom. The highest BCUT2D eigenvalue weighted by molar-refractivity contribution is 8.00. The molecule has 5 heteroatoms. The fourth-order valence-corrected chi connectivity index (χ4v) is 2.80. The van der Waals surface area contributed by atoms with E-state index in [1.807, 2.05) is 22.9 Å². The van der Waals surface area contributed by atoms with E-state index in [0.717, 1.165) is 10.8 Å². The van der Waals surface area contributed by atoms with E-state index in [1.54, 1.807) is 13.1 Å². The highest BCUT2D eigenvalue weighted by Crippen LogP contribution is 2.28. The van der Waals surface area contributed by atoms with Gasteiger partial charge in [0.05, 0.1) is 10.9 Å². The summed E-state index contributed by atoms with van der Waals surface area (Å²) in [6.45, 7) is 6.11. The largest absolute Gasteiger partial charge is 0.369 e. The van der Waals surface area contributed by atoms with E-state index >= 15 is 0 Å². The molecule has 0 radical (unpaired) electrons. The van der Waals surface area contributed by atoms with Crippen LogP contribution < -0.4 is 5.73 Å². The summed E-state index contributed by atoms with van der Waals surface area (Å²) in [5.74, 6) is 0.0849. The first-order chi connectivity index (χ1) is 9.50. The van der Waals surface area contributed by atoms with E-state index in [9.17, 15) is 4.79 Å². The SMILES string of the molecule is CC(C)c1ccccc1-n1ccnc1S[C@@H](C)C(N)=O. The van der Waals surface area contributed by atoms with Crippen LogP contribution in [0.15, 0.2) is 41.8 Å². The number of hydrogen-bond acceptors (Lipinski definition) is 3. The minimum absolute atomic E-state index is 0.303. The average Bonchev–Trinajstić information content (AvgIpc) is 2.86. The molecule has 2 N–H and O–H groups in total. The van der Waals surface area contributed by atoms with Crippen molar-refractivity contribution in [1.29, 1.82) is 0 Å². The normalized spacial score (nSPS) is 12.6. The number of aromatic nitrogens is 2. The van der Waals surface area contributed by atoms with Crippen LogP contribution >= 0.6 is 11.8 Å². The number of carbonyl (C=O) groups excluding carboxylic acids is 1. The number of nitrogens with two attached hydrogens (primary N) is 1. The Morgan fingerprint density at radius 3 is 2.65 bits per heavy atom. The van der Waals surface area contributed by atoms with Crippen LogP contribution in [0.1, 0.15) is 32.3 Å². The van der Waals surface area contributed by atoms with Gasteiger partial charge in [-0.2, -0.15) is 0 Å². The van der Waals surface area contributed by atoms with E-state index in [2.05, 4.69) is 31.0 Å². The van der Waals surface area contributed by atoms with Crippen molar-refractivity contribution < 1.29 is 4.79 Å². The number of benzene rings is 1. The van der Waals surface area contributed by atoms with E-state index < -0.39 is 0 Å².